The maximum atomic E-state index is 13.5. The highest BCUT2D eigenvalue weighted by atomic mass is 16.3. The summed E-state index contributed by atoms with van der Waals surface area (Å²) in [5.74, 6) is -7.54. The number of fused-ring (bicyclic) bond motifs is 3. The Bertz CT molecular complexity index is 1250. The van der Waals surface area contributed by atoms with E-state index in [1.54, 1.807) is 21.1 Å². The molecule has 1 aromatic carbocycles. The number of nitrogens with zero attached hydrogens (tertiary/aromatic N) is 1. The Morgan fingerprint density at radius 1 is 1.20 bits per heavy atom. The van der Waals surface area contributed by atoms with E-state index in [9.17, 15) is 39.6 Å². The number of benzene rings is 1. The molecule has 35 heavy (non-hydrogen) atoms. The number of carbonyl (C=O) groups excluding carboxylic acids is 4. The first kappa shape index (κ1) is 24.6. The van der Waals surface area contributed by atoms with Gasteiger partial charge in [-0.05, 0) is 57.6 Å². The summed E-state index contributed by atoms with van der Waals surface area (Å²) in [6.07, 6.45) is 0.0226. The van der Waals surface area contributed by atoms with Crippen LogP contribution in [-0.2, 0) is 16.0 Å². The van der Waals surface area contributed by atoms with Crippen molar-refractivity contribution in [3.63, 3.8) is 0 Å². The molecule has 11 nitrogen and oxygen atoms in total. The quantitative estimate of drug-likeness (QED) is 0.235. The topological polar surface area (TPSA) is 190 Å². The lowest BCUT2D eigenvalue weighted by atomic mass is 9.58. The number of likely N-dealkylation sites (N-methyl/N-ethyl adjacent to an activating group) is 2. The summed E-state index contributed by atoms with van der Waals surface area (Å²) >= 11 is 0. The maximum Gasteiger partial charge on any atom is 0.255 e. The average Bonchev–Trinajstić information content (AvgIpc) is 2.76. The lowest BCUT2D eigenvalue weighted by Gasteiger charge is -2.50. The zero-order chi connectivity index (χ0) is 26.0. The smallest absolute Gasteiger partial charge is 0.255 e. The Kier molecular flexibility index (Phi) is 5.82. The summed E-state index contributed by atoms with van der Waals surface area (Å²) in [5, 5.41) is 46.7. The van der Waals surface area contributed by atoms with Crippen LogP contribution in [0, 0.1) is 11.8 Å². The number of Topliss-reactive ketones (excluding diaryl/α,β-unsaturated/α-hetero) is 3. The highest BCUT2D eigenvalue weighted by Gasteiger charge is 2.63. The minimum atomic E-state index is -2.69. The monoisotopic (exact) mass is 485 g/mol. The van der Waals surface area contributed by atoms with E-state index in [-0.39, 0.29) is 41.9 Å². The summed E-state index contributed by atoms with van der Waals surface area (Å²) in [4.78, 5) is 52.9. The minimum absolute atomic E-state index is 0.00182. The first-order chi connectivity index (χ1) is 16.4. The normalized spacial score (nSPS) is 28.1. The molecule has 4 atom stereocenters. The van der Waals surface area contributed by atoms with Crippen molar-refractivity contribution in [1.29, 1.82) is 0 Å². The van der Waals surface area contributed by atoms with Gasteiger partial charge < -0.3 is 31.5 Å². The van der Waals surface area contributed by atoms with Crippen molar-refractivity contribution in [3.8, 4) is 5.75 Å². The molecule has 0 fully saturated rings. The number of phenols is 1. The minimum Gasteiger partial charge on any atom is -0.510 e. The van der Waals surface area contributed by atoms with E-state index in [1.807, 2.05) is 0 Å². The molecular formula is C24H27N3O8. The van der Waals surface area contributed by atoms with Gasteiger partial charge in [-0.25, -0.2) is 0 Å². The number of carbonyl (C=O) groups is 4. The van der Waals surface area contributed by atoms with Gasteiger partial charge in [-0.15, -0.1) is 0 Å². The summed E-state index contributed by atoms with van der Waals surface area (Å²) in [6.45, 7) is -0.00182. The predicted octanol–water partition coefficient (Wildman–Crippen LogP) is -0.477. The molecule has 3 aliphatic rings. The zero-order valence-corrected chi connectivity index (χ0v) is 19.5. The van der Waals surface area contributed by atoms with Crippen molar-refractivity contribution >= 4 is 23.3 Å². The van der Waals surface area contributed by atoms with E-state index in [0.29, 0.717) is 5.56 Å². The molecule has 1 amide bonds. The number of aliphatic hydroxyl groups is 3. The van der Waals surface area contributed by atoms with Gasteiger partial charge in [0, 0.05) is 17.1 Å². The number of amides is 1. The second kappa shape index (κ2) is 8.29. The number of allylic oxidation sites excluding steroid dienone is 1. The van der Waals surface area contributed by atoms with E-state index < -0.39 is 63.8 Å². The summed E-state index contributed by atoms with van der Waals surface area (Å²) in [5.41, 5.74) is 1.85. The molecule has 186 valence electrons. The van der Waals surface area contributed by atoms with Gasteiger partial charge in [-0.2, -0.15) is 0 Å². The molecule has 1 aromatic rings. The van der Waals surface area contributed by atoms with Crippen LogP contribution in [0.4, 0.5) is 0 Å². The van der Waals surface area contributed by atoms with E-state index in [4.69, 9.17) is 5.73 Å². The number of nitrogens with two attached hydrogens (primary N) is 1. The fourth-order valence-electron chi connectivity index (χ4n) is 5.77. The second-order valence-corrected chi connectivity index (χ2v) is 9.40. The third kappa shape index (κ3) is 3.30. The maximum absolute atomic E-state index is 13.5. The fourth-order valence-corrected chi connectivity index (χ4v) is 5.77. The fraction of sp³-hybridized carbons (Fsp3) is 0.417. The number of phenolic OH excluding ortho intramolecular Hbond substituents is 1. The van der Waals surface area contributed by atoms with Gasteiger partial charge in [0.2, 0.25) is 5.78 Å². The van der Waals surface area contributed by atoms with E-state index >= 15 is 0 Å². The van der Waals surface area contributed by atoms with Gasteiger partial charge in [0.05, 0.1) is 18.2 Å². The van der Waals surface area contributed by atoms with Crippen LogP contribution in [0.5, 0.6) is 5.75 Å². The van der Waals surface area contributed by atoms with Gasteiger partial charge in [-0.1, -0.05) is 0 Å². The highest BCUT2D eigenvalue weighted by molar-refractivity contribution is 6.25. The Labute approximate surface area is 200 Å². The first-order valence-corrected chi connectivity index (χ1v) is 11.0. The van der Waals surface area contributed by atoms with Gasteiger partial charge in [0.15, 0.2) is 17.2 Å². The molecule has 0 bridgehead atoms. The molecule has 11 heteroatoms. The van der Waals surface area contributed by atoms with Crippen LogP contribution in [0.1, 0.15) is 32.7 Å². The molecule has 7 N–H and O–H groups in total. The van der Waals surface area contributed by atoms with Crippen molar-refractivity contribution in [2.75, 3.05) is 27.7 Å². The van der Waals surface area contributed by atoms with Crippen molar-refractivity contribution in [3.05, 3.63) is 51.5 Å². The van der Waals surface area contributed by atoms with Gasteiger partial charge in [0.1, 0.15) is 22.8 Å². The molecule has 0 aliphatic heterocycles. The molecule has 0 aromatic heterocycles. The molecule has 3 aliphatic carbocycles. The zero-order valence-electron chi connectivity index (χ0n) is 19.5. The number of ketones is 3. The van der Waals surface area contributed by atoms with Gasteiger partial charge >= 0.3 is 0 Å². The first-order valence-electron chi connectivity index (χ1n) is 11.0. The number of hydrogen-bond acceptors (Lipinski definition) is 10. The van der Waals surface area contributed by atoms with Gasteiger partial charge in [0.25, 0.3) is 5.91 Å². The lowest BCUT2D eigenvalue weighted by Crippen LogP contribution is -2.63. The predicted molar refractivity (Wildman–Crippen MR) is 122 cm³/mol. The highest BCUT2D eigenvalue weighted by Crippen LogP contribution is 2.52. The van der Waals surface area contributed by atoms with Crippen LogP contribution in [0.25, 0.3) is 0 Å². The van der Waals surface area contributed by atoms with Crippen molar-refractivity contribution < 1.29 is 39.6 Å². The summed E-state index contributed by atoms with van der Waals surface area (Å²) in [6, 6.07) is 1.56. The molecule has 0 unspecified atom stereocenters. The van der Waals surface area contributed by atoms with E-state index in [2.05, 4.69) is 5.32 Å². The number of primary amides is 1. The van der Waals surface area contributed by atoms with Crippen molar-refractivity contribution in [2.24, 2.45) is 17.6 Å². The lowest BCUT2D eigenvalue weighted by molar-refractivity contribution is -0.148. The van der Waals surface area contributed by atoms with Crippen LogP contribution in [0.15, 0.2) is 34.8 Å². The molecular weight excluding hydrogens is 458 g/mol. The standard InChI is InChI=1S/C24H27N3O8/c1-26-8-14(29)10-4-5-13(28)16-11(10)6-9-7-12-18(27(2)3)20(31)17(23(25)34)22(33)24(12,35)21(32)15(9)19(16)30/h4-5,9,12,18,26,28,31-32,35H,6-8H2,1-3H3,(H2,25,34)/t9-,12-,18-,24-/m0/s1. The van der Waals surface area contributed by atoms with Crippen molar-refractivity contribution in [1.82, 2.24) is 10.2 Å². The van der Waals surface area contributed by atoms with E-state index in [0.717, 1.165) is 0 Å². The Morgan fingerprint density at radius 2 is 1.86 bits per heavy atom. The third-order valence-corrected chi connectivity index (χ3v) is 7.24. The molecule has 0 spiro atoms. The number of hydrogen-bond donors (Lipinski definition) is 6. The molecule has 0 heterocycles. The van der Waals surface area contributed by atoms with Crippen LogP contribution < -0.4 is 11.1 Å². The Morgan fingerprint density at radius 3 is 2.43 bits per heavy atom. The van der Waals surface area contributed by atoms with E-state index in [1.165, 1.54) is 17.0 Å². The van der Waals surface area contributed by atoms with Crippen LogP contribution in [0.2, 0.25) is 0 Å². The number of aliphatic hydroxyl groups excluding tert-OH is 2. The Hall–Kier alpha value is -3.54. The summed E-state index contributed by atoms with van der Waals surface area (Å²) in [7, 11) is 4.71. The van der Waals surface area contributed by atoms with Crippen LogP contribution in [-0.4, -0.2) is 87.9 Å². The number of nitrogens with one attached hydrogen (secondary N) is 1. The Balaban J connectivity index is 1.95. The average molecular weight is 485 g/mol. The van der Waals surface area contributed by atoms with Crippen LogP contribution in [0.3, 0.4) is 0 Å². The van der Waals surface area contributed by atoms with Crippen molar-refractivity contribution in [2.45, 2.75) is 24.5 Å². The third-order valence-electron chi connectivity index (χ3n) is 7.24. The largest absolute Gasteiger partial charge is 0.510 e. The van der Waals surface area contributed by atoms with Gasteiger partial charge in [-0.3, -0.25) is 24.1 Å². The second-order valence-electron chi connectivity index (χ2n) is 9.40. The molecule has 0 radical (unpaired) electrons. The molecule has 0 saturated heterocycles. The SMILES string of the molecule is CNCC(=O)c1ccc(O)c2c1C[C@H]1C[C@H]3[C@H](N(C)C)C(O)=C(C(N)=O)C(=O)[C@@]3(O)C(O)=C1C2=O. The molecule has 0 saturated carbocycles. The van der Waals surface area contributed by atoms with Crippen LogP contribution >= 0.6 is 0 Å². The summed E-state index contributed by atoms with van der Waals surface area (Å²) < 4.78 is 0. The molecule has 4 rings (SSSR count). The number of rotatable bonds is 5. The number of aromatic hydroxyl groups is 1.